The number of thioether (sulfide) groups is 1. The highest BCUT2D eigenvalue weighted by Gasteiger charge is 2.30. The minimum Gasteiger partial charge on any atom is -0.510 e. The summed E-state index contributed by atoms with van der Waals surface area (Å²) < 4.78 is 1.61. The minimum absolute atomic E-state index is 0.0806. The lowest BCUT2D eigenvalue weighted by Gasteiger charge is -2.11. The van der Waals surface area contributed by atoms with Crippen molar-refractivity contribution in [2.45, 2.75) is 36.2 Å². The number of rotatable bonds is 5. The number of allylic oxidation sites excluding steroid dienone is 1. The number of hydrogen-bond acceptors (Lipinski definition) is 6. The van der Waals surface area contributed by atoms with E-state index in [1.54, 1.807) is 11.5 Å². The second-order valence-electron chi connectivity index (χ2n) is 6.15. The van der Waals surface area contributed by atoms with E-state index in [0.29, 0.717) is 11.0 Å². The Hall–Kier alpha value is -2.99. The van der Waals surface area contributed by atoms with Crippen LogP contribution in [-0.2, 0) is 0 Å². The van der Waals surface area contributed by atoms with Crippen molar-refractivity contribution < 1.29 is 5.11 Å². The van der Waals surface area contributed by atoms with Crippen molar-refractivity contribution >= 4 is 28.4 Å². The van der Waals surface area contributed by atoms with E-state index < -0.39 is 5.25 Å². The van der Waals surface area contributed by atoms with Crippen LogP contribution in [0.25, 0.3) is 16.6 Å². The van der Waals surface area contributed by atoms with Crippen LogP contribution in [-0.4, -0.2) is 35.1 Å². The van der Waals surface area contributed by atoms with Crippen LogP contribution in [0.1, 0.15) is 31.6 Å². The van der Waals surface area contributed by atoms with Crippen LogP contribution >= 0.6 is 11.8 Å². The molecule has 1 aliphatic carbocycles. The van der Waals surface area contributed by atoms with Gasteiger partial charge in [-0.25, -0.2) is 14.9 Å². The average molecular weight is 368 g/mol. The van der Waals surface area contributed by atoms with Crippen molar-refractivity contribution in [1.82, 2.24) is 24.7 Å². The number of aliphatic hydroxyl groups excluding tert-OH is 1. The van der Waals surface area contributed by atoms with E-state index in [2.05, 4.69) is 20.2 Å². The zero-order valence-corrected chi connectivity index (χ0v) is 14.7. The van der Waals surface area contributed by atoms with E-state index in [4.69, 9.17) is 0 Å². The third-order valence-corrected chi connectivity index (χ3v) is 5.32. The maximum Gasteiger partial charge on any atom is 0.344 e. The lowest BCUT2D eigenvalue weighted by molar-refractivity contribution is 0.401. The van der Waals surface area contributed by atoms with Gasteiger partial charge in [-0.2, -0.15) is 5.26 Å². The average Bonchev–Trinajstić information content (AvgIpc) is 3.27. The van der Waals surface area contributed by atoms with Crippen LogP contribution < -0.4 is 5.69 Å². The first-order valence-electron chi connectivity index (χ1n) is 8.20. The van der Waals surface area contributed by atoms with Crippen molar-refractivity contribution in [2.24, 2.45) is 0 Å². The Morgan fingerprint density at radius 1 is 1.46 bits per heavy atom. The molecule has 0 unspecified atom stereocenters. The summed E-state index contributed by atoms with van der Waals surface area (Å²) in [4.78, 5) is 19.3. The van der Waals surface area contributed by atoms with E-state index >= 15 is 0 Å². The highest BCUT2D eigenvalue weighted by atomic mass is 32.2. The predicted octanol–water partition coefficient (Wildman–Crippen LogP) is 2.76. The molecule has 0 radical (unpaired) electrons. The van der Waals surface area contributed by atoms with Gasteiger partial charge in [0, 0.05) is 6.04 Å². The SMILES string of the molecule is C[C@@H](Sc1n[nH]c(=O)n1C1CC1)/C(O)=C(\C#N)c1nc2ccccc2[nH]1. The number of H-pyrrole nitrogens is 2. The van der Waals surface area contributed by atoms with Gasteiger partial charge in [-0.3, -0.25) is 4.57 Å². The lowest BCUT2D eigenvalue weighted by Crippen LogP contribution is -2.17. The molecule has 4 rings (SSSR count). The first-order valence-corrected chi connectivity index (χ1v) is 9.08. The molecule has 0 aliphatic heterocycles. The van der Waals surface area contributed by atoms with Gasteiger partial charge in [0.15, 0.2) is 11.0 Å². The Balaban J connectivity index is 1.66. The Kier molecular flexibility index (Phi) is 4.05. The summed E-state index contributed by atoms with van der Waals surface area (Å²) in [5.41, 5.74) is 1.34. The molecule has 8 nitrogen and oxygen atoms in total. The summed E-state index contributed by atoms with van der Waals surface area (Å²) in [6.45, 7) is 1.76. The number of hydrogen-bond donors (Lipinski definition) is 3. The molecule has 2 heterocycles. The number of fused-ring (bicyclic) bond motifs is 1. The van der Waals surface area contributed by atoms with Gasteiger partial charge < -0.3 is 10.1 Å². The molecule has 0 bridgehead atoms. The number of para-hydroxylation sites is 2. The second kappa shape index (κ2) is 6.38. The van der Waals surface area contributed by atoms with E-state index in [1.807, 2.05) is 30.3 Å². The first kappa shape index (κ1) is 16.5. The Morgan fingerprint density at radius 2 is 2.23 bits per heavy atom. The fourth-order valence-corrected chi connectivity index (χ4v) is 3.74. The number of nitrogens with zero attached hydrogens (tertiary/aromatic N) is 4. The zero-order valence-electron chi connectivity index (χ0n) is 13.9. The largest absolute Gasteiger partial charge is 0.510 e. The van der Waals surface area contributed by atoms with Gasteiger partial charge in [-0.15, -0.1) is 5.10 Å². The number of benzene rings is 1. The first-order chi connectivity index (χ1) is 12.6. The molecule has 1 atom stereocenters. The highest BCUT2D eigenvalue weighted by Crippen LogP contribution is 2.37. The van der Waals surface area contributed by atoms with E-state index in [9.17, 15) is 15.2 Å². The molecule has 1 fully saturated rings. The van der Waals surface area contributed by atoms with E-state index in [1.165, 1.54) is 11.8 Å². The molecular weight excluding hydrogens is 352 g/mol. The molecule has 0 saturated heterocycles. The smallest absolute Gasteiger partial charge is 0.344 e. The van der Waals surface area contributed by atoms with Crippen LogP contribution in [0.2, 0.25) is 0 Å². The van der Waals surface area contributed by atoms with Gasteiger partial charge in [-0.05, 0) is 31.9 Å². The highest BCUT2D eigenvalue weighted by molar-refractivity contribution is 7.99. The summed E-state index contributed by atoms with van der Waals surface area (Å²) in [5.74, 6) is 0.217. The third-order valence-electron chi connectivity index (χ3n) is 4.25. The molecule has 1 saturated carbocycles. The molecular formula is C17H16N6O2S. The molecule has 3 aromatic rings. The number of aromatic amines is 2. The molecule has 132 valence electrons. The number of nitriles is 1. The summed E-state index contributed by atoms with van der Waals surface area (Å²) >= 11 is 1.23. The fraction of sp³-hybridized carbons (Fsp3) is 0.294. The maximum absolute atomic E-state index is 11.9. The Labute approximate surface area is 152 Å². The van der Waals surface area contributed by atoms with Gasteiger partial charge >= 0.3 is 5.69 Å². The van der Waals surface area contributed by atoms with Gasteiger partial charge in [-0.1, -0.05) is 23.9 Å². The maximum atomic E-state index is 11.9. The van der Waals surface area contributed by atoms with Crippen molar-refractivity contribution in [1.29, 1.82) is 5.26 Å². The topological polar surface area (TPSA) is 123 Å². The second-order valence-corrected chi connectivity index (χ2v) is 7.46. The normalized spacial score (nSPS) is 16.3. The molecule has 3 N–H and O–H groups in total. The number of imidazole rings is 1. The summed E-state index contributed by atoms with van der Waals surface area (Å²) in [6, 6.07) is 9.61. The Morgan fingerprint density at radius 3 is 2.92 bits per heavy atom. The van der Waals surface area contributed by atoms with Crippen molar-refractivity contribution in [3.05, 3.63) is 46.3 Å². The third kappa shape index (κ3) is 2.88. The monoisotopic (exact) mass is 368 g/mol. The standard InChI is InChI=1S/C17H16N6O2S/c1-9(26-17-22-21-16(25)23(17)10-6-7-10)14(24)11(8-18)15-19-12-4-2-3-5-13(12)20-15/h2-5,9-10,24H,6-7H2,1H3,(H,19,20)(H,21,25)/b14-11-/t9-/m1/s1. The number of nitrogens with one attached hydrogen (secondary N) is 2. The number of aromatic nitrogens is 5. The van der Waals surface area contributed by atoms with Crippen LogP contribution in [0.4, 0.5) is 0 Å². The molecule has 26 heavy (non-hydrogen) atoms. The van der Waals surface area contributed by atoms with Crippen LogP contribution in [0, 0.1) is 11.3 Å². The van der Waals surface area contributed by atoms with Crippen LogP contribution in [0.3, 0.4) is 0 Å². The van der Waals surface area contributed by atoms with E-state index in [-0.39, 0.29) is 23.1 Å². The predicted molar refractivity (Wildman–Crippen MR) is 97.7 cm³/mol. The van der Waals surface area contributed by atoms with Crippen molar-refractivity contribution in [3.63, 3.8) is 0 Å². The summed E-state index contributed by atoms with van der Waals surface area (Å²) in [5, 5.41) is 26.7. The Bertz CT molecular complexity index is 1070. The summed E-state index contributed by atoms with van der Waals surface area (Å²) in [6.07, 6.45) is 1.90. The quantitative estimate of drug-likeness (QED) is 0.361. The molecule has 9 heteroatoms. The van der Waals surface area contributed by atoms with Gasteiger partial charge in [0.05, 0.1) is 16.3 Å². The molecule has 0 spiro atoms. The zero-order chi connectivity index (χ0) is 18.3. The van der Waals surface area contributed by atoms with Gasteiger partial charge in [0.2, 0.25) is 0 Å². The molecule has 0 amide bonds. The molecule has 1 aliphatic rings. The number of aliphatic hydroxyl groups is 1. The van der Waals surface area contributed by atoms with E-state index in [0.717, 1.165) is 23.9 Å². The molecule has 1 aromatic carbocycles. The van der Waals surface area contributed by atoms with Gasteiger partial charge in [0.1, 0.15) is 17.4 Å². The fourth-order valence-electron chi connectivity index (χ4n) is 2.75. The van der Waals surface area contributed by atoms with Crippen molar-refractivity contribution in [3.8, 4) is 6.07 Å². The van der Waals surface area contributed by atoms with Crippen LogP contribution in [0.15, 0.2) is 40.0 Å². The van der Waals surface area contributed by atoms with Crippen LogP contribution in [0.5, 0.6) is 0 Å². The summed E-state index contributed by atoms with van der Waals surface area (Å²) in [7, 11) is 0. The van der Waals surface area contributed by atoms with Crippen molar-refractivity contribution in [2.75, 3.05) is 0 Å². The van der Waals surface area contributed by atoms with Gasteiger partial charge in [0.25, 0.3) is 0 Å². The molecule has 2 aromatic heterocycles. The lowest BCUT2D eigenvalue weighted by atomic mass is 10.2. The minimum atomic E-state index is -0.467.